The van der Waals surface area contributed by atoms with Gasteiger partial charge in [0.15, 0.2) is 5.17 Å². The molecule has 3 aliphatic rings. The third-order valence-corrected chi connectivity index (χ3v) is 8.66. The number of sulfonamides is 1. The molecular formula is C19H20N4O3S3. The fourth-order valence-electron chi connectivity index (χ4n) is 3.80. The van der Waals surface area contributed by atoms with Crippen molar-refractivity contribution in [3.63, 3.8) is 0 Å². The van der Waals surface area contributed by atoms with Gasteiger partial charge in [0.2, 0.25) is 0 Å². The highest BCUT2D eigenvalue weighted by Gasteiger charge is 2.33. The van der Waals surface area contributed by atoms with Crippen LogP contribution < -0.4 is 10.2 Å². The summed E-state index contributed by atoms with van der Waals surface area (Å²) in [6.45, 7) is 3.79. The molecule has 29 heavy (non-hydrogen) atoms. The lowest BCUT2D eigenvalue weighted by atomic mass is 10.1. The van der Waals surface area contributed by atoms with Gasteiger partial charge in [-0.15, -0.1) is 15.7 Å². The molecular weight excluding hydrogens is 428 g/mol. The van der Waals surface area contributed by atoms with E-state index in [0.29, 0.717) is 23.8 Å². The molecule has 5 rings (SSSR count). The lowest BCUT2D eigenvalue weighted by molar-refractivity contribution is 0.0947. The first-order chi connectivity index (χ1) is 14.0. The van der Waals surface area contributed by atoms with E-state index < -0.39 is 10.0 Å². The molecule has 0 saturated carbocycles. The van der Waals surface area contributed by atoms with Gasteiger partial charge in [0, 0.05) is 48.1 Å². The summed E-state index contributed by atoms with van der Waals surface area (Å²) < 4.78 is 27.3. The van der Waals surface area contributed by atoms with Crippen LogP contribution in [0.2, 0.25) is 0 Å². The van der Waals surface area contributed by atoms with E-state index in [1.807, 2.05) is 28.4 Å². The van der Waals surface area contributed by atoms with Gasteiger partial charge in [0.1, 0.15) is 0 Å². The van der Waals surface area contributed by atoms with Gasteiger partial charge in [0.05, 0.1) is 11.4 Å². The van der Waals surface area contributed by atoms with Crippen LogP contribution in [-0.4, -0.2) is 56.3 Å². The number of anilines is 1. The maximum Gasteiger partial charge on any atom is 0.257 e. The summed E-state index contributed by atoms with van der Waals surface area (Å²) in [5.41, 5.74) is 2.91. The van der Waals surface area contributed by atoms with E-state index in [1.165, 1.54) is 22.2 Å². The van der Waals surface area contributed by atoms with Gasteiger partial charge in [-0.3, -0.25) is 9.69 Å². The quantitative estimate of drug-likeness (QED) is 0.772. The van der Waals surface area contributed by atoms with Crippen LogP contribution in [0.1, 0.15) is 20.8 Å². The van der Waals surface area contributed by atoms with Gasteiger partial charge in [-0.2, -0.15) is 0 Å². The fraction of sp³-hybridized carbons (Fsp3) is 0.368. The number of thioether (sulfide) groups is 1. The Hall–Kier alpha value is -1.88. The lowest BCUT2D eigenvalue weighted by Crippen LogP contribution is -2.37. The van der Waals surface area contributed by atoms with Gasteiger partial charge >= 0.3 is 0 Å². The van der Waals surface area contributed by atoms with Crippen LogP contribution in [0.4, 0.5) is 5.69 Å². The van der Waals surface area contributed by atoms with Gasteiger partial charge in [0.25, 0.3) is 15.9 Å². The first-order valence-corrected chi connectivity index (χ1v) is 12.8. The summed E-state index contributed by atoms with van der Waals surface area (Å²) in [4.78, 5) is 19.2. The number of rotatable bonds is 4. The van der Waals surface area contributed by atoms with Crippen LogP contribution in [-0.2, 0) is 23.0 Å². The molecule has 1 aromatic carbocycles. The molecule has 0 radical (unpaired) electrons. The van der Waals surface area contributed by atoms with Crippen molar-refractivity contribution in [2.75, 3.05) is 36.8 Å². The van der Waals surface area contributed by atoms with Crippen LogP contribution in [0, 0.1) is 0 Å². The van der Waals surface area contributed by atoms with Crippen molar-refractivity contribution in [3.8, 4) is 0 Å². The Morgan fingerprint density at radius 1 is 1.24 bits per heavy atom. The molecule has 0 unspecified atom stereocenters. The molecule has 152 valence electrons. The molecule has 0 atom stereocenters. The van der Waals surface area contributed by atoms with Crippen molar-refractivity contribution in [2.24, 2.45) is 4.40 Å². The van der Waals surface area contributed by atoms with Crippen molar-refractivity contribution in [3.05, 3.63) is 45.6 Å². The lowest BCUT2D eigenvalue weighted by Gasteiger charge is -2.26. The number of benzene rings is 1. The van der Waals surface area contributed by atoms with E-state index in [9.17, 15) is 13.2 Å². The Kier molecular flexibility index (Phi) is 4.89. The highest BCUT2D eigenvalue weighted by Crippen LogP contribution is 2.42. The highest BCUT2D eigenvalue weighted by atomic mass is 32.2. The molecule has 10 heteroatoms. The Morgan fingerprint density at radius 3 is 3.03 bits per heavy atom. The minimum Gasteiger partial charge on any atom is -0.351 e. The summed E-state index contributed by atoms with van der Waals surface area (Å²) in [6, 6.07) is 7.68. The normalized spacial score (nSPS) is 19.9. The number of amidine groups is 1. The zero-order valence-corrected chi connectivity index (χ0v) is 18.1. The summed E-state index contributed by atoms with van der Waals surface area (Å²) >= 11 is 3.13. The van der Waals surface area contributed by atoms with Gasteiger partial charge < -0.3 is 10.2 Å². The van der Waals surface area contributed by atoms with Crippen molar-refractivity contribution in [2.45, 2.75) is 17.9 Å². The predicted molar refractivity (Wildman–Crippen MR) is 117 cm³/mol. The zero-order valence-electron chi connectivity index (χ0n) is 15.6. The number of hydrogen-bond donors (Lipinski definition) is 1. The standard InChI is InChI=1S/C19H20N4O3S3/c24-18(20-5-7-22-6-3-16-14(12-22)4-9-27-16)13-1-2-15-17(11-13)28-19-21-29(25,26)10-8-23(15)19/h1-2,4,9,11H,3,5-8,10,12H2,(H,20,24). The van der Waals surface area contributed by atoms with Crippen LogP contribution in [0.3, 0.4) is 0 Å². The molecule has 0 saturated heterocycles. The smallest absolute Gasteiger partial charge is 0.257 e. The maximum absolute atomic E-state index is 12.6. The highest BCUT2D eigenvalue weighted by molar-refractivity contribution is 8.15. The zero-order chi connectivity index (χ0) is 20.0. The number of amides is 1. The number of thiophene rings is 1. The second-order valence-corrected chi connectivity index (χ2v) is 11.0. The summed E-state index contributed by atoms with van der Waals surface area (Å²) in [5, 5.41) is 5.63. The number of hydrogen-bond acceptors (Lipinski definition) is 7. The fourth-order valence-corrected chi connectivity index (χ4v) is 6.99. The molecule has 2 aromatic rings. The van der Waals surface area contributed by atoms with Crippen LogP contribution in [0.15, 0.2) is 38.9 Å². The second kappa shape index (κ2) is 7.42. The van der Waals surface area contributed by atoms with E-state index in [1.54, 1.807) is 6.07 Å². The molecule has 0 aliphatic carbocycles. The maximum atomic E-state index is 12.6. The molecule has 0 spiro atoms. The summed E-state index contributed by atoms with van der Waals surface area (Å²) in [5.74, 6) is -0.0941. The van der Waals surface area contributed by atoms with Crippen molar-refractivity contribution in [1.29, 1.82) is 0 Å². The molecule has 1 amide bonds. The number of nitrogens with one attached hydrogen (secondary N) is 1. The largest absolute Gasteiger partial charge is 0.351 e. The van der Waals surface area contributed by atoms with Crippen molar-refractivity contribution < 1.29 is 13.2 Å². The van der Waals surface area contributed by atoms with Gasteiger partial charge in [-0.1, -0.05) is 0 Å². The Morgan fingerprint density at radius 2 is 2.14 bits per heavy atom. The molecule has 7 nitrogen and oxygen atoms in total. The molecule has 4 heterocycles. The monoisotopic (exact) mass is 448 g/mol. The average Bonchev–Trinajstić information content (AvgIpc) is 3.29. The van der Waals surface area contributed by atoms with Gasteiger partial charge in [-0.25, -0.2) is 8.42 Å². The molecule has 0 bridgehead atoms. The first-order valence-electron chi connectivity index (χ1n) is 9.46. The Balaban J connectivity index is 1.20. The third kappa shape index (κ3) is 3.81. The third-order valence-electron chi connectivity index (χ3n) is 5.34. The molecule has 3 aliphatic heterocycles. The van der Waals surface area contributed by atoms with Crippen LogP contribution >= 0.6 is 23.1 Å². The van der Waals surface area contributed by atoms with E-state index in [-0.39, 0.29) is 11.7 Å². The van der Waals surface area contributed by atoms with Crippen molar-refractivity contribution in [1.82, 2.24) is 10.2 Å². The van der Waals surface area contributed by atoms with Crippen LogP contribution in [0.5, 0.6) is 0 Å². The molecule has 1 N–H and O–H groups in total. The number of carbonyl (C=O) groups is 1. The molecule has 1 aromatic heterocycles. The Labute approximate surface area is 177 Å². The van der Waals surface area contributed by atoms with E-state index >= 15 is 0 Å². The topological polar surface area (TPSA) is 82.1 Å². The van der Waals surface area contributed by atoms with E-state index in [2.05, 4.69) is 26.1 Å². The van der Waals surface area contributed by atoms with Gasteiger partial charge in [-0.05, 0) is 53.4 Å². The minimum atomic E-state index is -3.38. The summed E-state index contributed by atoms with van der Waals surface area (Å²) in [6.07, 6.45) is 1.08. The molecule has 0 fully saturated rings. The first kappa shape index (κ1) is 19.1. The predicted octanol–water partition coefficient (Wildman–Crippen LogP) is 2.15. The average molecular weight is 449 g/mol. The van der Waals surface area contributed by atoms with Crippen LogP contribution in [0.25, 0.3) is 0 Å². The Bertz CT molecular complexity index is 1110. The SMILES string of the molecule is O=C(NCCN1CCc2sccc2C1)c1ccc2c(c1)SC1=NS(=O)(=O)CCN12. The summed E-state index contributed by atoms with van der Waals surface area (Å²) in [7, 11) is -3.38. The number of nitrogens with zero attached hydrogens (tertiary/aromatic N) is 3. The second-order valence-electron chi connectivity index (χ2n) is 7.25. The van der Waals surface area contributed by atoms with Crippen molar-refractivity contribution >= 4 is 49.9 Å². The minimum absolute atomic E-state index is 0.0160. The van der Waals surface area contributed by atoms with E-state index in [4.69, 9.17) is 0 Å². The number of carbonyl (C=O) groups excluding carboxylic acids is 1. The van der Waals surface area contributed by atoms with E-state index in [0.717, 1.165) is 36.6 Å². The number of fused-ring (bicyclic) bond motifs is 4.